The summed E-state index contributed by atoms with van der Waals surface area (Å²) in [5, 5.41) is 9.20. The summed E-state index contributed by atoms with van der Waals surface area (Å²) in [6.45, 7) is 0.783. The Morgan fingerprint density at radius 3 is 2.39 bits per heavy atom. The molecule has 0 spiro atoms. The van der Waals surface area contributed by atoms with Crippen LogP contribution in [0.15, 0.2) is 18.6 Å². The molecule has 1 unspecified atom stereocenters. The molecule has 1 atom stereocenters. The second kappa shape index (κ2) is 6.60. The summed E-state index contributed by atoms with van der Waals surface area (Å²) >= 11 is 0. The van der Waals surface area contributed by atoms with Crippen LogP contribution in [0, 0.1) is 0 Å². The minimum atomic E-state index is -4.54. The number of nitrogens with zero attached hydrogens (tertiary/aromatic N) is 4. The third kappa shape index (κ3) is 4.11. The van der Waals surface area contributed by atoms with Gasteiger partial charge in [0.05, 0.1) is 0 Å². The number of anilines is 1. The van der Waals surface area contributed by atoms with E-state index in [4.69, 9.17) is 0 Å². The first-order valence-corrected chi connectivity index (χ1v) is 7.96. The average Bonchev–Trinajstić information content (AvgIpc) is 3.34. The lowest BCUT2D eigenvalue weighted by molar-refractivity contribution is -0.208. The van der Waals surface area contributed by atoms with Crippen molar-refractivity contribution in [1.29, 1.82) is 0 Å². The third-order valence-corrected chi connectivity index (χ3v) is 4.53. The van der Waals surface area contributed by atoms with Crippen LogP contribution in [0.1, 0.15) is 25.7 Å². The van der Waals surface area contributed by atoms with E-state index in [2.05, 4.69) is 14.9 Å². The maximum atomic E-state index is 12.4. The van der Waals surface area contributed by atoms with Crippen LogP contribution in [0.25, 0.3) is 0 Å². The molecule has 3 rings (SSSR count). The van der Waals surface area contributed by atoms with Crippen molar-refractivity contribution < 1.29 is 18.3 Å². The zero-order chi connectivity index (χ0) is 16.4. The van der Waals surface area contributed by atoms with Crippen molar-refractivity contribution in [3.05, 3.63) is 18.6 Å². The highest BCUT2D eigenvalue weighted by Crippen LogP contribution is 2.35. The summed E-state index contributed by atoms with van der Waals surface area (Å²) in [5.74, 6) is 0.899. The molecule has 1 N–H and O–H groups in total. The summed E-state index contributed by atoms with van der Waals surface area (Å²) in [5.41, 5.74) is 0. The normalized spacial score (nSPS) is 22.1. The summed E-state index contributed by atoms with van der Waals surface area (Å²) in [4.78, 5) is 12.3. The molecule has 2 heterocycles. The molecule has 1 aromatic heterocycles. The molecule has 0 amide bonds. The summed E-state index contributed by atoms with van der Waals surface area (Å²) in [6, 6.07) is 2.66. The molecule has 23 heavy (non-hydrogen) atoms. The molecule has 1 saturated carbocycles. The third-order valence-electron chi connectivity index (χ3n) is 4.53. The lowest BCUT2D eigenvalue weighted by atomic mass is 10.0. The summed E-state index contributed by atoms with van der Waals surface area (Å²) in [7, 11) is 0. The van der Waals surface area contributed by atoms with Gasteiger partial charge in [0.2, 0.25) is 0 Å². The number of alkyl halides is 3. The number of β-amino-alcohol motifs (C(OH)–C–C–N with tert-alkyl or cyclic N) is 1. The summed E-state index contributed by atoms with van der Waals surface area (Å²) in [6.07, 6.45) is 0.272. The zero-order valence-electron chi connectivity index (χ0n) is 12.8. The van der Waals surface area contributed by atoms with Crippen molar-refractivity contribution in [3.63, 3.8) is 0 Å². The molecule has 2 fully saturated rings. The Hall–Kier alpha value is -1.41. The second-order valence-corrected chi connectivity index (χ2v) is 6.30. The van der Waals surface area contributed by atoms with Gasteiger partial charge in [-0.2, -0.15) is 13.2 Å². The van der Waals surface area contributed by atoms with Crippen LogP contribution in [0.5, 0.6) is 0 Å². The summed E-state index contributed by atoms with van der Waals surface area (Å²) < 4.78 is 37.3. The van der Waals surface area contributed by atoms with Gasteiger partial charge in [0, 0.05) is 37.9 Å². The maximum Gasteiger partial charge on any atom is 0.415 e. The van der Waals surface area contributed by atoms with Gasteiger partial charge in [-0.3, -0.25) is 0 Å². The molecule has 2 aliphatic rings. The van der Waals surface area contributed by atoms with Gasteiger partial charge in [0.15, 0.2) is 6.10 Å². The standard InChI is InChI=1S/C15H21F3N4O/c16-15(17,18)13(23)9-21-7-4-12(5-8-21)22(11-1-2-11)14-3-6-19-10-20-14/h3,6,10-13,23H,1-2,4-5,7-9H2. The smallest absolute Gasteiger partial charge is 0.382 e. The van der Waals surface area contributed by atoms with Crippen LogP contribution in [0.2, 0.25) is 0 Å². The highest BCUT2D eigenvalue weighted by atomic mass is 19.4. The molecule has 0 radical (unpaired) electrons. The van der Waals surface area contributed by atoms with Crippen molar-refractivity contribution in [1.82, 2.24) is 14.9 Å². The predicted octanol–water partition coefficient (Wildman–Crippen LogP) is 1.83. The highest BCUT2D eigenvalue weighted by Gasteiger charge is 2.41. The zero-order valence-corrected chi connectivity index (χ0v) is 12.8. The predicted molar refractivity (Wildman–Crippen MR) is 79.1 cm³/mol. The Balaban J connectivity index is 1.57. The van der Waals surface area contributed by atoms with Crippen LogP contribution in [0.4, 0.5) is 19.0 Å². The lowest BCUT2D eigenvalue weighted by Gasteiger charge is -2.40. The molecule has 8 heteroatoms. The van der Waals surface area contributed by atoms with Crippen LogP contribution in [-0.2, 0) is 0 Å². The largest absolute Gasteiger partial charge is 0.415 e. The Bertz CT molecular complexity index is 501. The fourth-order valence-corrected chi connectivity index (χ4v) is 3.19. The van der Waals surface area contributed by atoms with Gasteiger partial charge < -0.3 is 14.9 Å². The van der Waals surface area contributed by atoms with E-state index in [1.807, 2.05) is 6.07 Å². The van der Waals surface area contributed by atoms with E-state index in [-0.39, 0.29) is 12.6 Å². The Kier molecular flexibility index (Phi) is 4.72. The van der Waals surface area contributed by atoms with Gasteiger partial charge in [0.25, 0.3) is 0 Å². The minimum absolute atomic E-state index is 0.289. The van der Waals surface area contributed by atoms with Crippen LogP contribution in [0.3, 0.4) is 0 Å². The molecule has 128 valence electrons. The average molecular weight is 330 g/mol. The molecule has 0 aromatic carbocycles. The lowest BCUT2D eigenvalue weighted by Crippen LogP contribution is -2.49. The number of rotatable bonds is 5. The minimum Gasteiger partial charge on any atom is -0.382 e. The van der Waals surface area contributed by atoms with Crippen molar-refractivity contribution in [3.8, 4) is 0 Å². The van der Waals surface area contributed by atoms with E-state index in [1.54, 1.807) is 11.1 Å². The van der Waals surface area contributed by atoms with Crippen LogP contribution < -0.4 is 4.90 Å². The van der Waals surface area contributed by atoms with Crippen LogP contribution in [-0.4, -0.2) is 64.0 Å². The second-order valence-electron chi connectivity index (χ2n) is 6.30. The molecule has 5 nitrogen and oxygen atoms in total. The molecule has 1 saturated heterocycles. The number of likely N-dealkylation sites (tertiary alicyclic amines) is 1. The number of aliphatic hydroxyl groups excluding tert-OH is 1. The molecule has 1 aromatic rings. The fourth-order valence-electron chi connectivity index (χ4n) is 3.19. The van der Waals surface area contributed by atoms with Gasteiger partial charge in [0.1, 0.15) is 12.1 Å². The Morgan fingerprint density at radius 1 is 1.22 bits per heavy atom. The van der Waals surface area contributed by atoms with Gasteiger partial charge in [-0.15, -0.1) is 0 Å². The van der Waals surface area contributed by atoms with E-state index in [9.17, 15) is 18.3 Å². The first-order chi connectivity index (χ1) is 10.9. The van der Waals surface area contributed by atoms with Crippen molar-refractivity contribution >= 4 is 5.82 Å². The maximum absolute atomic E-state index is 12.4. The number of halogens is 3. The van der Waals surface area contributed by atoms with Gasteiger partial charge in [-0.25, -0.2) is 9.97 Å². The molecule has 0 bridgehead atoms. The topological polar surface area (TPSA) is 52.5 Å². The number of piperidine rings is 1. The number of hydrogen-bond donors (Lipinski definition) is 1. The van der Waals surface area contributed by atoms with Crippen molar-refractivity contribution in [2.24, 2.45) is 0 Å². The van der Waals surface area contributed by atoms with Gasteiger partial charge in [-0.1, -0.05) is 0 Å². The number of aromatic nitrogens is 2. The van der Waals surface area contributed by atoms with E-state index < -0.39 is 12.3 Å². The van der Waals surface area contributed by atoms with Crippen molar-refractivity contribution in [2.45, 2.75) is 50.0 Å². The molecule has 1 aliphatic carbocycles. The number of aliphatic hydroxyl groups is 1. The highest BCUT2D eigenvalue weighted by molar-refractivity contribution is 5.41. The first-order valence-electron chi connectivity index (χ1n) is 7.96. The number of hydrogen-bond acceptors (Lipinski definition) is 5. The SMILES string of the molecule is OC(CN1CCC(N(c2ccncn2)C2CC2)CC1)C(F)(F)F. The van der Waals surface area contributed by atoms with E-state index in [0.717, 1.165) is 31.5 Å². The quantitative estimate of drug-likeness (QED) is 0.893. The Morgan fingerprint density at radius 2 is 1.87 bits per heavy atom. The monoisotopic (exact) mass is 330 g/mol. The van der Waals surface area contributed by atoms with Crippen LogP contribution >= 0.6 is 0 Å². The molecular weight excluding hydrogens is 309 g/mol. The van der Waals surface area contributed by atoms with Crippen molar-refractivity contribution in [2.75, 3.05) is 24.5 Å². The fraction of sp³-hybridized carbons (Fsp3) is 0.733. The Labute approximate surface area is 133 Å². The van der Waals surface area contributed by atoms with Gasteiger partial charge >= 0.3 is 6.18 Å². The van der Waals surface area contributed by atoms with E-state index in [1.165, 1.54) is 6.33 Å². The first kappa shape index (κ1) is 16.4. The molecule has 1 aliphatic heterocycles. The molecular formula is C15H21F3N4O. The van der Waals surface area contributed by atoms with E-state index in [0.29, 0.717) is 19.1 Å². The van der Waals surface area contributed by atoms with E-state index >= 15 is 0 Å². The van der Waals surface area contributed by atoms with Gasteiger partial charge in [-0.05, 0) is 31.7 Å².